The average Bonchev–Trinajstić information content (AvgIpc) is 2.96. The molecule has 0 aromatic carbocycles. The Kier molecular flexibility index (Phi) is 2.72. The molecule has 0 bridgehead atoms. The Morgan fingerprint density at radius 2 is 2.26 bits per heavy atom. The molecule has 0 amide bonds. The van der Waals surface area contributed by atoms with Crippen molar-refractivity contribution < 1.29 is 9.90 Å². The molecule has 0 radical (unpaired) electrons. The number of anilines is 2. The van der Waals surface area contributed by atoms with Crippen LogP contribution in [0.15, 0.2) is 30.6 Å². The topological polar surface area (TPSA) is 78.0 Å². The average molecular weight is 273 g/mol. The number of carboxylic acid groups (broad SMARTS) is 1. The highest BCUT2D eigenvalue weighted by atomic mass is 32.1. The van der Waals surface area contributed by atoms with Crippen LogP contribution in [0.3, 0.4) is 0 Å². The Morgan fingerprint density at radius 3 is 3.05 bits per heavy atom. The number of H-pyrrole nitrogens is 1. The summed E-state index contributed by atoms with van der Waals surface area (Å²) in [6.45, 7) is 1.89. The molecule has 3 aromatic heterocycles. The predicted molar refractivity (Wildman–Crippen MR) is 75.4 cm³/mol. The first-order valence-corrected chi connectivity index (χ1v) is 6.49. The second kappa shape index (κ2) is 4.40. The number of carbonyl (C=O) groups is 1. The Morgan fingerprint density at radius 1 is 1.42 bits per heavy atom. The van der Waals surface area contributed by atoms with Crippen molar-refractivity contribution in [3.63, 3.8) is 0 Å². The molecule has 0 aliphatic heterocycles. The van der Waals surface area contributed by atoms with Crippen LogP contribution in [0, 0.1) is 6.92 Å². The van der Waals surface area contributed by atoms with E-state index in [4.69, 9.17) is 0 Å². The zero-order chi connectivity index (χ0) is 13.4. The second-order valence-corrected chi connectivity index (χ2v) is 5.38. The van der Waals surface area contributed by atoms with Crippen molar-refractivity contribution in [2.24, 2.45) is 0 Å². The van der Waals surface area contributed by atoms with Crippen molar-refractivity contribution in [1.29, 1.82) is 0 Å². The van der Waals surface area contributed by atoms with E-state index >= 15 is 0 Å². The number of rotatable bonds is 3. The molecule has 96 valence electrons. The quantitative estimate of drug-likeness (QED) is 0.683. The third-order valence-electron chi connectivity index (χ3n) is 2.78. The van der Waals surface area contributed by atoms with Gasteiger partial charge in [-0.15, -0.1) is 11.3 Å². The van der Waals surface area contributed by atoms with E-state index < -0.39 is 5.97 Å². The van der Waals surface area contributed by atoms with Crippen molar-refractivity contribution in [2.75, 3.05) is 5.32 Å². The van der Waals surface area contributed by atoms with Crippen molar-refractivity contribution in [2.45, 2.75) is 6.92 Å². The molecule has 0 unspecified atom stereocenters. The van der Waals surface area contributed by atoms with E-state index in [1.807, 2.05) is 25.1 Å². The lowest BCUT2D eigenvalue weighted by Crippen LogP contribution is -1.98. The number of nitrogens with zero attached hydrogens (tertiary/aromatic N) is 1. The number of aryl methyl sites for hydroxylation is 1. The molecule has 6 heteroatoms. The van der Waals surface area contributed by atoms with E-state index in [2.05, 4.69) is 15.3 Å². The van der Waals surface area contributed by atoms with Crippen LogP contribution in [-0.2, 0) is 0 Å². The van der Waals surface area contributed by atoms with Crippen LogP contribution in [-0.4, -0.2) is 21.0 Å². The molecule has 3 heterocycles. The van der Waals surface area contributed by atoms with E-state index in [1.165, 1.54) is 11.3 Å². The second-order valence-electron chi connectivity index (χ2n) is 4.13. The molecule has 0 fully saturated rings. The molecule has 0 aliphatic carbocycles. The van der Waals surface area contributed by atoms with Gasteiger partial charge in [0, 0.05) is 22.7 Å². The fourth-order valence-electron chi connectivity index (χ4n) is 1.98. The lowest BCUT2D eigenvalue weighted by Gasteiger charge is -2.06. The molecule has 0 aliphatic rings. The smallest absolute Gasteiger partial charge is 0.348 e. The lowest BCUT2D eigenvalue weighted by molar-refractivity contribution is 0.0703. The van der Waals surface area contributed by atoms with Crippen molar-refractivity contribution in [3.8, 4) is 0 Å². The zero-order valence-electron chi connectivity index (χ0n) is 10.1. The van der Waals surface area contributed by atoms with Gasteiger partial charge in [-0.25, -0.2) is 9.78 Å². The summed E-state index contributed by atoms with van der Waals surface area (Å²) in [6.07, 6.45) is 3.49. The van der Waals surface area contributed by atoms with Crippen LogP contribution in [0.1, 0.15) is 14.5 Å². The fraction of sp³-hybridized carbons (Fsp3) is 0.0769. The number of thiophene rings is 1. The van der Waals surface area contributed by atoms with Gasteiger partial charge in [-0.3, -0.25) is 0 Å². The summed E-state index contributed by atoms with van der Waals surface area (Å²) in [5.74, 6) is -0.917. The minimum Gasteiger partial charge on any atom is -0.477 e. The normalized spacial score (nSPS) is 10.8. The minimum absolute atomic E-state index is 0.318. The van der Waals surface area contributed by atoms with Gasteiger partial charge in [-0.05, 0) is 25.1 Å². The molecule has 5 nitrogen and oxygen atoms in total. The van der Waals surface area contributed by atoms with Crippen LogP contribution in [0.4, 0.5) is 11.4 Å². The van der Waals surface area contributed by atoms with Crippen LogP contribution in [0.25, 0.3) is 11.0 Å². The van der Waals surface area contributed by atoms with Crippen LogP contribution in [0.5, 0.6) is 0 Å². The van der Waals surface area contributed by atoms with Gasteiger partial charge in [0.25, 0.3) is 0 Å². The molecular formula is C13H11N3O2S. The highest BCUT2D eigenvalue weighted by Gasteiger charge is 2.15. The van der Waals surface area contributed by atoms with E-state index in [-0.39, 0.29) is 0 Å². The first kappa shape index (κ1) is 11.7. The largest absolute Gasteiger partial charge is 0.477 e. The minimum atomic E-state index is -0.917. The van der Waals surface area contributed by atoms with Crippen molar-refractivity contribution >= 4 is 39.7 Å². The van der Waals surface area contributed by atoms with Gasteiger partial charge < -0.3 is 15.4 Å². The maximum Gasteiger partial charge on any atom is 0.348 e. The van der Waals surface area contributed by atoms with Crippen molar-refractivity contribution in [1.82, 2.24) is 9.97 Å². The Balaban J connectivity index is 2.06. The first-order valence-electron chi connectivity index (χ1n) is 5.68. The molecular weight excluding hydrogens is 262 g/mol. The number of fused-ring (bicyclic) bond motifs is 1. The maximum atomic E-state index is 11.2. The molecule has 0 saturated heterocycles. The number of aromatic amines is 1. The summed E-state index contributed by atoms with van der Waals surface area (Å²) in [6, 6.07) is 5.58. The molecule has 3 N–H and O–H groups in total. The summed E-state index contributed by atoms with van der Waals surface area (Å²) >= 11 is 1.26. The third kappa shape index (κ3) is 2.06. The van der Waals surface area contributed by atoms with Gasteiger partial charge in [0.05, 0.1) is 11.4 Å². The number of nitrogens with one attached hydrogen (secondary N) is 2. The van der Waals surface area contributed by atoms with Gasteiger partial charge in [0.2, 0.25) is 0 Å². The van der Waals surface area contributed by atoms with Gasteiger partial charge in [-0.1, -0.05) is 0 Å². The number of carboxylic acids is 1. The summed E-state index contributed by atoms with van der Waals surface area (Å²) < 4.78 is 0. The lowest BCUT2D eigenvalue weighted by atomic mass is 10.2. The number of aromatic nitrogens is 2. The maximum absolute atomic E-state index is 11.2. The zero-order valence-corrected chi connectivity index (χ0v) is 10.9. The number of hydrogen-bond donors (Lipinski definition) is 3. The van der Waals surface area contributed by atoms with Crippen LogP contribution >= 0.6 is 11.3 Å². The van der Waals surface area contributed by atoms with E-state index in [9.17, 15) is 9.90 Å². The van der Waals surface area contributed by atoms with Gasteiger partial charge in [0.1, 0.15) is 10.5 Å². The monoisotopic (exact) mass is 273 g/mol. The Hall–Kier alpha value is -2.34. The van der Waals surface area contributed by atoms with Crippen LogP contribution < -0.4 is 5.32 Å². The first-order chi connectivity index (χ1) is 9.15. The molecule has 3 aromatic rings. The van der Waals surface area contributed by atoms with E-state index in [0.29, 0.717) is 10.6 Å². The van der Waals surface area contributed by atoms with E-state index in [0.717, 1.165) is 21.6 Å². The molecule has 3 rings (SSSR count). The summed E-state index contributed by atoms with van der Waals surface area (Å²) in [7, 11) is 0. The van der Waals surface area contributed by atoms with Crippen LogP contribution in [0.2, 0.25) is 0 Å². The molecule has 0 atom stereocenters. The van der Waals surface area contributed by atoms with E-state index in [1.54, 1.807) is 12.4 Å². The molecule has 0 saturated carbocycles. The highest BCUT2D eigenvalue weighted by molar-refractivity contribution is 7.14. The number of hydrogen-bond acceptors (Lipinski definition) is 4. The predicted octanol–water partition coefficient (Wildman–Crippen LogP) is 3.37. The summed E-state index contributed by atoms with van der Waals surface area (Å²) in [5, 5.41) is 13.3. The fourth-order valence-corrected chi connectivity index (χ4v) is 2.79. The SMILES string of the molecule is Cc1cc(Nc2ccnc3[nH]ccc23)c(C(=O)O)s1. The Labute approximate surface area is 112 Å². The standard InChI is InChI=1S/C13H11N3O2S/c1-7-6-10(11(19-7)13(17)18)16-9-3-5-15-12-8(9)2-4-14-12/h2-6H,1H3,(H,17,18)(H2,14,15,16). The van der Waals surface area contributed by atoms with Gasteiger partial charge in [-0.2, -0.15) is 0 Å². The summed E-state index contributed by atoms with van der Waals surface area (Å²) in [4.78, 5) is 19.7. The highest BCUT2D eigenvalue weighted by Crippen LogP contribution is 2.31. The van der Waals surface area contributed by atoms with Gasteiger partial charge >= 0.3 is 5.97 Å². The Bertz CT molecular complexity index is 760. The number of pyridine rings is 1. The number of aromatic carboxylic acids is 1. The van der Waals surface area contributed by atoms with Crippen molar-refractivity contribution in [3.05, 3.63) is 40.3 Å². The third-order valence-corrected chi connectivity index (χ3v) is 3.82. The summed E-state index contributed by atoms with van der Waals surface area (Å²) in [5.41, 5.74) is 2.23. The molecule has 19 heavy (non-hydrogen) atoms. The molecule has 0 spiro atoms. The van der Waals surface area contributed by atoms with Gasteiger partial charge in [0.15, 0.2) is 0 Å².